The molecule has 0 aromatic carbocycles. The van der Waals surface area contributed by atoms with Crippen molar-refractivity contribution in [1.82, 2.24) is 10.2 Å². The van der Waals surface area contributed by atoms with E-state index < -0.39 is 0 Å². The normalized spacial score (nSPS) is 24.1. The molecule has 1 aliphatic rings. The van der Waals surface area contributed by atoms with Crippen molar-refractivity contribution in [1.29, 1.82) is 0 Å². The number of nitrogens with one attached hydrogen (secondary N) is 1. The van der Waals surface area contributed by atoms with Crippen molar-refractivity contribution in [2.45, 2.75) is 20.3 Å². The van der Waals surface area contributed by atoms with E-state index in [9.17, 15) is 0 Å². The van der Waals surface area contributed by atoms with Gasteiger partial charge in [-0.3, -0.25) is 4.99 Å². The van der Waals surface area contributed by atoms with E-state index >= 15 is 0 Å². The number of rotatable bonds is 1. The first-order valence-corrected chi connectivity index (χ1v) is 4.97. The van der Waals surface area contributed by atoms with Gasteiger partial charge in [0.15, 0.2) is 0 Å². The van der Waals surface area contributed by atoms with Crippen LogP contribution >= 0.6 is 0 Å². The Labute approximate surface area is 85.9 Å². The van der Waals surface area contributed by atoms with Gasteiger partial charge in [0, 0.05) is 25.2 Å². The van der Waals surface area contributed by atoms with E-state index in [1.54, 1.807) is 0 Å². The first-order chi connectivity index (χ1) is 6.83. The molecule has 0 fully saturated rings. The van der Waals surface area contributed by atoms with Crippen molar-refractivity contribution in [2.24, 2.45) is 10.9 Å². The molecule has 0 radical (unpaired) electrons. The third kappa shape index (κ3) is 3.99. The molecule has 0 amide bonds. The Balaban J connectivity index is 2.63. The summed E-state index contributed by atoms with van der Waals surface area (Å²) in [6.07, 6.45) is 6.96. The van der Waals surface area contributed by atoms with Crippen molar-refractivity contribution < 1.29 is 0 Å². The minimum absolute atomic E-state index is 0.491. The summed E-state index contributed by atoms with van der Waals surface area (Å²) in [6.45, 7) is 5.76. The van der Waals surface area contributed by atoms with E-state index in [4.69, 9.17) is 0 Å². The molecule has 1 heterocycles. The second-order valence-electron chi connectivity index (χ2n) is 3.29. The Morgan fingerprint density at radius 2 is 2.50 bits per heavy atom. The summed E-state index contributed by atoms with van der Waals surface area (Å²) in [6, 6.07) is 2.88. The van der Waals surface area contributed by atoms with Gasteiger partial charge in [0.05, 0.1) is 6.34 Å². The predicted molar refractivity (Wildman–Crippen MR) is 59.6 cm³/mol. The quantitative estimate of drug-likeness (QED) is 0.634. The number of hydrogen-bond acceptors (Lipinski definition) is 3. The highest BCUT2D eigenvalue weighted by atomic mass is 15.1. The molecule has 0 aromatic heterocycles. The lowest BCUT2D eigenvalue weighted by Gasteiger charge is -2.11. The zero-order valence-electron chi connectivity index (χ0n) is 8.83. The molecule has 1 aliphatic heterocycles. The first kappa shape index (κ1) is 10.6. The first-order valence-electron chi connectivity index (χ1n) is 4.97. The van der Waals surface area contributed by atoms with E-state index in [-0.39, 0.29) is 0 Å². The van der Waals surface area contributed by atoms with Crippen LogP contribution in [0.4, 0.5) is 0 Å². The van der Waals surface area contributed by atoms with Gasteiger partial charge >= 0.3 is 0 Å². The van der Waals surface area contributed by atoms with Crippen LogP contribution in [-0.4, -0.2) is 24.5 Å². The number of allylic oxidation sites excluding steroid dienone is 1. The van der Waals surface area contributed by atoms with Gasteiger partial charge in [0.25, 0.3) is 0 Å². The van der Waals surface area contributed by atoms with E-state index in [2.05, 4.69) is 53.3 Å². The highest BCUT2D eigenvalue weighted by molar-refractivity contribution is 5.56. The Kier molecular flexibility index (Phi) is 4.63. The average Bonchev–Trinajstić information content (AvgIpc) is 2.24. The van der Waals surface area contributed by atoms with Crippen molar-refractivity contribution in [3.8, 4) is 12.0 Å². The molecular weight excluding hydrogens is 174 g/mol. The van der Waals surface area contributed by atoms with Crippen molar-refractivity contribution in [2.75, 3.05) is 13.2 Å². The van der Waals surface area contributed by atoms with E-state index in [1.165, 1.54) is 0 Å². The molecule has 0 spiro atoms. The largest absolute Gasteiger partial charge is 0.340 e. The lowest BCUT2D eigenvalue weighted by atomic mass is 10.1. The zero-order valence-corrected chi connectivity index (χ0v) is 8.83. The summed E-state index contributed by atoms with van der Waals surface area (Å²) in [4.78, 5) is 6.25. The second-order valence-corrected chi connectivity index (χ2v) is 3.29. The lowest BCUT2D eigenvalue weighted by molar-refractivity contribution is 0.592. The summed E-state index contributed by atoms with van der Waals surface area (Å²) in [7, 11) is 0. The maximum atomic E-state index is 4.19. The van der Waals surface area contributed by atoms with Crippen LogP contribution in [0.5, 0.6) is 0 Å². The Morgan fingerprint density at radius 1 is 1.64 bits per heavy atom. The van der Waals surface area contributed by atoms with Gasteiger partial charge in [-0.05, 0) is 12.8 Å². The minimum Gasteiger partial charge on any atom is -0.340 e. The smallest absolute Gasteiger partial charge is 0.116 e. The molecule has 1 N–H and O–H groups in total. The zero-order chi connectivity index (χ0) is 10.2. The number of hydrogen-bond donors (Lipinski definition) is 1. The molecule has 1 rings (SSSR count). The molecule has 0 saturated carbocycles. The minimum atomic E-state index is 0.491. The van der Waals surface area contributed by atoms with Gasteiger partial charge in [-0.15, -0.1) is 0 Å². The fraction of sp³-hybridized carbons (Fsp3) is 0.545. The van der Waals surface area contributed by atoms with Gasteiger partial charge in [0.2, 0.25) is 0 Å². The van der Waals surface area contributed by atoms with Gasteiger partial charge in [-0.2, -0.15) is 0 Å². The molecular formula is C11H17N3. The van der Waals surface area contributed by atoms with Crippen LogP contribution in [0.2, 0.25) is 0 Å². The Bertz CT molecular complexity index is 270. The van der Waals surface area contributed by atoms with Crippen molar-refractivity contribution >= 4 is 6.34 Å². The van der Waals surface area contributed by atoms with E-state index in [0.29, 0.717) is 12.6 Å². The molecule has 0 saturated heterocycles. The van der Waals surface area contributed by atoms with Crippen LogP contribution in [0.3, 0.4) is 0 Å². The second kappa shape index (κ2) is 6.09. The molecule has 76 valence electrons. The van der Waals surface area contributed by atoms with E-state index in [0.717, 1.165) is 13.0 Å². The van der Waals surface area contributed by atoms with Gasteiger partial charge in [-0.1, -0.05) is 18.9 Å². The van der Waals surface area contributed by atoms with Gasteiger partial charge in [0.1, 0.15) is 6.67 Å². The molecule has 0 bridgehead atoms. The summed E-state index contributed by atoms with van der Waals surface area (Å²) in [5.41, 5.74) is 0. The Hall–Kier alpha value is -1.43. The number of nitrogens with zero attached hydrogens (tertiary/aromatic N) is 2. The molecule has 1 atom stereocenters. The maximum Gasteiger partial charge on any atom is 0.116 e. The van der Waals surface area contributed by atoms with Gasteiger partial charge in [-0.25, -0.2) is 0 Å². The highest BCUT2D eigenvalue weighted by Gasteiger charge is 1.95. The average molecular weight is 191 g/mol. The van der Waals surface area contributed by atoms with Crippen LogP contribution in [0.25, 0.3) is 0 Å². The standard InChI is InChI=1S/C11H17N3/c1-3-14-8-6-11(2)5-4-7-12-9-13-10-14/h6,8,10-12H,3,5,9H2,1-2H3/b8-6?,13-10-. The van der Waals surface area contributed by atoms with Crippen molar-refractivity contribution in [3.63, 3.8) is 0 Å². The topological polar surface area (TPSA) is 27.6 Å². The highest BCUT2D eigenvalue weighted by Crippen LogP contribution is 2.03. The lowest BCUT2D eigenvalue weighted by Crippen LogP contribution is -2.15. The third-order valence-corrected chi connectivity index (χ3v) is 1.97. The molecule has 14 heavy (non-hydrogen) atoms. The Morgan fingerprint density at radius 3 is 3.29 bits per heavy atom. The molecule has 3 nitrogen and oxygen atoms in total. The fourth-order valence-electron chi connectivity index (χ4n) is 1.06. The number of aliphatic imine (C=N–C) groups is 1. The SMILES string of the molecule is CCN1C=CC(C)CC#CNC/N=C\1. The monoisotopic (exact) mass is 191 g/mol. The molecule has 0 aliphatic carbocycles. The summed E-state index contributed by atoms with van der Waals surface area (Å²) in [5.74, 6) is 3.55. The van der Waals surface area contributed by atoms with Gasteiger partial charge < -0.3 is 10.2 Å². The maximum absolute atomic E-state index is 4.19. The van der Waals surface area contributed by atoms with Crippen LogP contribution < -0.4 is 5.32 Å². The predicted octanol–water partition coefficient (Wildman–Crippen LogP) is 1.40. The molecule has 3 heteroatoms. The summed E-state index contributed by atoms with van der Waals surface area (Å²) >= 11 is 0. The van der Waals surface area contributed by atoms with Crippen molar-refractivity contribution in [3.05, 3.63) is 12.3 Å². The van der Waals surface area contributed by atoms with E-state index in [1.807, 2.05) is 6.34 Å². The van der Waals surface area contributed by atoms with Crippen LogP contribution in [0.15, 0.2) is 17.3 Å². The third-order valence-electron chi connectivity index (χ3n) is 1.97. The fourth-order valence-corrected chi connectivity index (χ4v) is 1.06. The molecule has 1 unspecified atom stereocenters. The summed E-state index contributed by atoms with van der Waals surface area (Å²) < 4.78 is 0. The van der Waals surface area contributed by atoms with Crippen LogP contribution in [-0.2, 0) is 0 Å². The van der Waals surface area contributed by atoms with Crippen LogP contribution in [0.1, 0.15) is 20.3 Å². The summed E-state index contributed by atoms with van der Waals surface area (Å²) in [5, 5.41) is 2.93. The molecule has 0 aromatic rings. The van der Waals surface area contributed by atoms with Crippen LogP contribution in [0, 0.1) is 17.9 Å².